The van der Waals surface area contributed by atoms with Gasteiger partial charge in [-0.2, -0.15) is 0 Å². The molecule has 0 atom stereocenters. The third-order valence-electron chi connectivity index (χ3n) is 1.62. The number of aromatic nitrogens is 1. The molecular formula is C8H14N2O3S. The number of nitrogens with two attached hydrogens (primary N) is 1. The fraction of sp³-hybridized carbons (Fsp3) is 0.375. The van der Waals surface area contributed by atoms with Gasteiger partial charge in [0.05, 0.1) is 7.11 Å². The van der Waals surface area contributed by atoms with Crippen molar-refractivity contribution in [1.82, 2.24) is 4.98 Å². The summed E-state index contributed by atoms with van der Waals surface area (Å²) in [5.74, 6) is 0.722. The van der Waals surface area contributed by atoms with E-state index in [2.05, 4.69) is 10.1 Å². The number of thiol groups is 1. The SMILES string of the molecule is COc1nccc(C)c1C.N[SH](=O)=O. The molecule has 0 bridgehead atoms. The molecule has 6 heteroatoms. The van der Waals surface area contributed by atoms with Gasteiger partial charge >= 0.3 is 0 Å². The van der Waals surface area contributed by atoms with Crippen LogP contribution in [0.5, 0.6) is 5.88 Å². The molecule has 2 N–H and O–H groups in total. The molecule has 0 amide bonds. The molecule has 0 aliphatic carbocycles. The normalized spacial score (nSPS) is 9.21. The maximum Gasteiger partial charge on any atom is 0.216 e. The van der Waals surface area contributed by atoms with E-state index in [4.69, 9.17) is 13.2 Å². The van der Waals surface area contributed by atoms with Crippen molar-refractivity contribution >= 4 is 10.9 Å². The zero-order valence-electron chi connectivity index (χ0n) is 8.35. The smallest absolute Gasteiger partial charge is 0.216 e. The van der Waals surface area contributed by atoms with Crippen LogP contribution in [0, 0.1) is 13.8 Å². The largest absolute Gasteiger partial charge is 0.481 e. The zero-order chi connectivity index (χ0) is 11.1. The molecule has 0 aliphatic rings. The fourth-order valence-corrected chi connectivity index (χ4v) is 0.813. The summed E-state index contributed by atoms with van der Waals surface area (Å²) in [6.45, 7) is 4.04. The van der Waals surface area contributed by atoms with Crippen LogP contribution in [0.1, 0.15) is 11.1 Å². The van der Waals surface area contributed by atoms with Crippen LogP contribution in [0.15, 0.2) is 12.3 Å². The standard InChI is InChI=1S/C8H11NO.H3NO2S/c1-6-4-5-9-8(10-3)7(6)2;1-4(2)3/h4-5H,1-3H3;4H,(H2,1,2,3). The molecule has 1 aromatic rings. The van der Waals surface area contributed by atoms with E-state index < -0.39 is 10.9 Å². The van der Waals surface area contributed by atoms with Crippen molar-refractivity contribution in [3.8, 4) is 5.88 Å². The van der Waals surface area contributed by atoms with Gasteiger partial charge in [0.15, 0.2) is 10.9 Å². The highest BCUT2D eigenvalue weighted by Crippen LogP contribution is 2.15. The van der Waals surface area contributed by atoms with E-state index >= 15 is 0 Å². The summed E-state index contributed by atoms with van der Waals surface area (Å²) in [7, 11) is -0.987. The molecule has 0 unspecified atom stereocenters. The van der Waals surface area contributed by atoms with Crippen LogP contribution in [-0.2, 0) is 10.9 Å². The summed E-state index contributed by atoms with van der Waals surface area (Å²) in [6, 6.07) is 1.97. The highest BCUT2D eigenvalue weighted by molar-refractivity contribution is 7.69. The van der Waals surface area contributed by atoms with Crippen LogP contribution >= 0.6 is 0 Å². The van der Waals surface area contributed by atoms with E-state index in [1.165, 1.54) is 5.56 Å². The van der Waals surface area contributed by atoms with Crippen molar-refractivity contribution in [2.75, 3.05) is 7.11 Å². The summed E-state index contributed by atoms with van der Waals surface area (Å²) >= 11 is 0. The van der Waals surface area contributed by atoms with Crippen LogP contribution in [0.3, 0.4) is 0 Å². The number of aryl methyl sites for hydroxylation is 1. The lowest BCUT2D eigenvalue weighted by Crippen LogP contribution is -1.92. The minimum absolute atomic E-state index is 0.722. The van der Waals surface area contributed by atoms with Crippen molar-refractivity contribution in [2.45, 2.75) is 13.8 Å². The molecule has 5 nitrogen and oxygen atoms in total. The van der Waals surface area contributed by atoms with Crippen LogP contribution in [0.4, 0.5) is 0 Å². The predicted molar refractivity (Wildman–Crippen MR) is 54.8 cm³/mol. The van der Waals surface area contributed by atoms with Gasteiger partial charge in [0.2, 0.25) is 5.88 Å². The van der Waals surface area contributed by atoms with Gasteiger partial charge in [0, 0.05) is 11.8 Å². The van der Waals surface area contributed by atoms with Crippen molar-refractivity contribution in [3.63, 3.8) is 0 Å². The van der Waals surface area contributed by atoms with Crippen LogP contribution in [0.25, 0.3) is 0 Å². The first-order valence-electron chi connectivity index (χ1n) is 3.84. The number of methoxy groups -OCH3 is 1. The van der Waals surface area contributed by atoms with Gasteiger partial charge in [-0.25, -0.2) is 18.5 Å². The Labute approximate surface area is 85.0 Å². The van der Waals surface area contributed by atoms with E-state index in [1.54, 1.807) is 13.3 Å². The highest BCUT2D eigenvalue weighted by Gasteiger charge is 1.99. The molecule has 0 saturated carbocycles. The molecule has 14 heavy (non-hydrogen) atoms. The first kappa shape index (κ1) is 12.9. The van der Waals surface area contributed by atoms with E-state index in [1.807, 2.05) is 19.9 Å². The summed E-state index contributed by atoms with van der Waals surface area (Å²) in [5.41, 5.74) is 2.33. The van der Waals surface area contributed by atoms with E-state index in [9.17, 15) is 0 Å². The Morgan fingerprint density at radius 3 is 2.29 bits per heavy atom. The molecule has 0 saturated heterocycles. The Bertz CT molecular complexity index is 356. The van der Waals surface area contributed by atoms with E-state index in [-0.39, 0.29) is 0 Å². The zero-order valence-corrected chi connectivity index (χ0v) is 9.25. The Kier molecular flexibility index (Phi) is 5.82. The number of pyridine rings is 1. The molecule has 0 spiro atoms. The van der Waals surface area contributed by atoms with Gasteiger partial charge in [0.1, 0.15) is 0 Å². The lowest BCUT2D eigenvalue weighted by Gasteiger charge is -2.03. The van der Waals surface area contributed by atoms with Crippen molar-refractivity contribution in [2.24, 2.45) is 5.14 Å². The second-order valence-electron chi connectivity index (χ2n) is 2.55. The number of nitrogens with zero attached hydrogens (tertiary/aromatic N) is 1. The Morgan fingerprint density at radius 1 is 1.43 bits per heavy atom. The van der Waals surface area contributed by atoms with Crippen LogP contribution < -0.4 is 9.88 Å². The summed E-state index contributed by atoms with van der Waals surface area (Å²) in [6.07, 6.45) is 1.75. The van der Waals surface area contributed by atoms with E-state index in [0.717, 1.165) is 11.4 Å². The number of hydrogen-bond donors (Lipinski definition) is 2. The van der Waals surface area contributed by atoms with Gasteiger partial charge in [-0.3, -0.25) is 0 Å². The molecule has 1 rings (SSSR count). The second kappa shape index (κ2) is 6.33. The third-order valence-corrected chi connectivity index (χ3v) is 1.62. The number of ether oxygens (including phenoxy) is 1. The first-order valence-corrected chi connectivity index (χ1v) is 5.09. The number of hydrogen-bond acceptors (Lipinski definition) is 4. The molecule has 0 aromatic carbocycles. The van der Waals surface area contributed by atoms with Gasteiger partial charge in [-0.05, 0) is 25.5 Å². The van der Waals surface area contributed by atoms with Gasteiger partial charge < -0.3 is 4.74 Å². The maximum absolute atomic E-state index is 8.81. The summed E-state index contributed by atoms with van der Waals surface area (Å²) < 4.78 is 22.6. The highest BCUT2D eigenvalue weighted by atomic mass is 32.2. The van der Waals surface area contributed by atoms with Gasteiger partial charge in [0.25, 0.3) is 0 Å². The Morgan fingerprint density at radius 2 is 1.93 bits per heavy atom. The molecule has 0 fully saturated rings. The number of rotatable bonds is 1. The van der Waals surface area contributed by atoms with Crippen LogP contribution in [0.2, 0.25) is 0 Å². The van der Waals surface area contributed by atoms with Gasteiger partial charge in [-0.15, -0.1) is 0 Å². The third kappa shape index (κ3) is 4.78. The first-order chi connectivity index (χ1) is 6.49. The topological polar surface area (TPSA) is 82.3 Å². The minimum atomic E-state index is -2.62. The molecule has 1 heterocycles. The van der Waals surface area contributed by atoms with Crippen molar-refractivity contribution < 1.29 is 13.2 Å². The van der Waals surface area contributed by atoms with Crippen LogP contribution in [-0.4, -0.2) is 20.5 Å². The fourth-order valence-electron chi connectivity index (χ4n) is 0.813. The summed E-state index contributed by atoms with van der Waals surface area (Å²) in [5, 5.41) is 4.06. The van der Waals surface area contributed by atoms with Gasteiger partial charge in [-0.1, -0.05) is 0 Å². The monoisotopic (exact) mass is 218 g/mol. The predicted octanol–water partition coefficient (Wildman–Crippen LogP) is 0.179. The molecule has 1 aromatic heterocycles. The van der Waals surface area contributed by atoms with Crippen molar-refractivity contribution in [1.29, 1.82) is 0 Å². The average Bonchev–Trinajstić information content (AvgIpc) is 2.09. The summed E-state index contributed by atoms with van der Waals surface area (Å²) in [4.78, 5) is 4.04. The molecule has 0 radical (unpaired) electrons. The van der Waals surface area contributed by atoms with E-state index in [0.29, 0.717) is 0 Å². The maximum atomic E-state index is 8.81. The Balaban J connectivity index is 0.000000364. The lowest BCUT2D eigenvalue weighted by atomic mass is 10.2. The molecule has 80 valence electrons. The Hall–Kier alpha value is -1.14. The molecular weight excluding hydrogens is 204 g/mol. The lowest BCUT2D eigenvalue weighted by molar-refractivity contribution is 0.394. The average molecular weight is 218 g/mol. The quantitative estimate of drug-likeness (QED) is 0.659. The van der Waals surface area contributed by atoms with Crippen molar-refractivity contribution in [3.05, 3.63) is 23.4 Å². The minimum Gasteiger partial charge on any atom is -0.481 e. The molecule has 0 aliphatic heterocycles. The second-order valence-corrected chi connectivity index (χ2v) is 3.12.